The summed E-state index contributed by atoms with van der Waals surface area (Å²) in [6, 6.07) is 0.467. The lowest BCUT2D eigenvalue weighted by Crippen LogP contribution is -2.52. The maximum Gasteiger partial charge on any atom is 0.318 e. The van der Waals surface area contributed by atoms with Crippen molar-refractivity contribution in [1.82, 2.24) is 19.2 Å². The van der Waals surface area contributed by atoms with Crippen molar-refractivity contribution in [3.05, 3.63) is 5.89 Å². The van der Waals surface area contributed by atoms with Crippen LogP contribution in [0, 0.1) is 0 Å². The number of piperazine rings is 1. The maximum absolute atomic E-state index is 11.9. The van der Waals surface area contributed by atoms with Gasteiger partial charge in [-0.15, -0.1) is 5.10 Å². The van der Waals surface area contributed by atoms with Gasteiger partial charge < -0.3 is 9.32 Å². The minimum Gasteiger partial charge on any atom is -0.408 e. The maximum atomic E-state index is 11.9. The fraction of sp³-hybridized carbons (Fsp3) is 0.818. The van der Waals surface area contributed by atoms with Gasteiger partial charge in [0.05, 0.1) is 0 Å². The van der Waals surface area contributed by atoms with Gasteiger partial charge in [0.1, 0.15) is 0 Å². The molecule has 2 heterocycles. The predicted octanol–water partition coefficient (Wildman–Crippen LogP) is 0.169. The Morgan fingerprint density at radius 3 is 2.40 bits per heavy atom. The van der Waals surface area contributed by atoms with Crippen molar-refractivity contribution in [3.63, 3.8) is 0 Å². The first kappa shape index (κ1) is 15.2. The third-order valence-corrected chi connectivity index (χ3v) is 4.80. The van der Waals surface area contributed by atoms with Crippen molar-refractivity contribution in [2.75, 3.05) is 37.6 Å². The average molecular weight is 303 g/mol. The lowest BCUT2D eigenvalue weighted by Gasteiger charge is -2.32. The summed E-state index contributed by atoms with van der Waals surface area (Å²) < 4.78 is 33.2. The van der Waals surface area contributed by atoms with Crippen LogP contribution in [0.1, 0.15) is 32.6 Å². The third-order valence-electron chi connectivity index (χ3n) is 3.10. The van der Waals surface area contributed by atoms with Crippen LogP contribution in [-0.4, -0.2) is 55.6 Å². The zero-order valence-corrected chi connectivity index (χ0v) is 12.9. The van der Waals surface area contributed by atoms with Crippen LogP contribution >= 0.6 is 0 Å². The van der Waals surface area contributed by atoms with Gasteiger partial charge in [-0.3, -0.25) is 0 Å². The Kier molecular flexibility index (Phi) is 4.61. The van der Waals surface area contributed by atoms with Crippen molar-refractivity contribution in [2.45, 2.75) is 26.7 Å². The molecule has 1 aliphatic rings. The van der Waals surface area contributed by atoms with E-state index in [9.17, 15) is 8.42 Å². The third kappa shape index (κ3) is 3.28. The Morgan fingerprint density at radius 1 is 1.25 bits per heavy atom. The Hall–Kier alpha value is -1.19. The molecule has 1 fully saturated rings. The lowest BCUT2D eigenvalue weighted by atomic mass is 10.2. The Bertz CT molecular complexity index is 534. The van der Waals surface area contributed by atoms with Gasteiger partial charge in [-0.05, 0) is 0 Å². The summed E-state index contributed by atoms with van der Waals surface area (Å²) in [5.74, 6) is 0.786. The first-order valence-electron chi connectivity index (χ1n) is 6.77. The van der Waals surface area contributed by atoms with Crippen molar-refractivity contribution in [3.8, 4) is 0 Å². The molecule has 2 rings (SSSR count). The number of hydrogen-bond acceptors (Lipinski definition) is 6. The molecule has 0 radical (unpaired) electrons. The van der Waals surface area contributed by atoms with E-state index < -0.39 is 10.2 Å². The van der Waals surface area contributed by atoms with E-state index in [0.29, 0.717) is 44.6 Å². The number of rotatable bonds is 5. The van der Waals surface area contributed by atoms with Crippen molar-refractivity contribution >= 4 is 16.2 Å². The molecule has 1 aromatic heterocycles. The zero-order valence-electron chi connectivity index (χ0n) is 12.0. The largest absolute Gasteiger partial charge is 0.408 e. The molecule has 0 spiro atoms. The number of aromatic nitrogens is 2. The van der Waals surface area contributed by atoms with E-state index in [1.807, 2.05) is 18.7 Å². The smallest absolute Gasteiger partial charge is 0.318 e. The standard InChI is InChI=1S/C11H21N5O3S/c1-4-12-20(17,18)16-7-5-15(6-8-16)11-14-13-10(19-11)9(2)3/h9,12H,4-8H2,1-3H3. The lowest BCUT2D eigenvalue weighted by molar-refractivity contribution is 0.363. The topological polar surface area (TPSA) is 91.6 Å². The summed E-state index contributed by atoms with van der Waals surface area (Å²) in [7, 11) is -3.36. The van der Waals surface area contributed by atoms with Crippen LogP contribution < -0.4 is 9.62 Å². The molecule has 1 saturated heterocycles. The van der Waals surface area contributed by atoms with Gasteiger partial charge in [-0.2, -0.15) is 12.7 Å². The first-order chi connectivity index (χ1) is 9.44. The normalized spacial score (nSPS) is 17.9. The summed E-state index contributed by atoms with van der Waals surface area (Å²) in [5, 5.41) is 8.00. The molecule has 20 heavy (non-hydrogen) atoms. The average Bonchev–Trinajstić information content (AvgIpc) is 2.88. The van der Waals surface area contributed by atoms with Crippen LogP contribution in [0.4, 0.5) is 6.01 Å². The zero-order chi connectivity index (χ0) is 14.8. The highest BCUT2D eigenvalue weighted by atomic mass is 32.2. The van der Waals surface area contributed by atoms with Gasteiger partial charge in [0.2, 0.25) is 5.89 Å². The highest BCUT2D eigenvalue weighted by molar-refractivity contribution is 7.87. The molecule has 0 aromatic carbocycles. The second-order valence-electron chi connectivity index (χ2n) is 4.97. The Balaban J connectivity index is 1.97. The molecular formula is C11H21N5O3S. The van der Waals surface area contributed by atoms with E-state index in [-0.39, 0.29) is 5.92 Å². The van der Waals surface area contributed by atoms with Crippen molar-refractivity contribution in [1.29, 1.82) is 0 Å². The van der Waals surface area contributed by atoms with Crippen LogP contribution in [0.2, 0.25) is 0 Å². The number of hydrogen-bond donors (Lipinski definition) is 1. The molecule has 0 amide bonds. The molecule has 1 N–H and O–H groups in total. The van der Waals surface area contributed by atoms with Gasteiger partial charge >= 0.3 is 6.01 Å². The van der Waals surface area contributed by atoms with Crippen LogP contribution in [0.25, 0.3) is 0 Å². The van der Waals surface area contributed by atoms with E-state index >= 15 is 0 Å². The van der Waals surface area contributed by atoms with E-state index in [1.54, 1.807) is 6.92 Å². The quantitative estimate of drug-likeness (QED) is 0.833. The highest BCUT2D eigenvalue weighted by Crippen LogP contribution is 2.19. The van der Waals surface area contributed by atoms with Gasteiger partial charge in [-0.25, -0.2) is 4.72 Å². The SMILES string of the molecule is CCNS(=O)(=O)N1CCN(c2nnc(C(C)C)o2)CC1. The molecule has 1 aliphatic heterocycles. The molecule has 114 valence electrons. The van der Waals surface area contributed by atoms with Crippen molar-refractivity contribution < 1.29 is 12.8 Å². The van der Waals surface area contributed by atoms with Gasteiger partial charge in [0.25, 0.3) is 10.2 Å². The molecule has 8 nitrogen and oxygen atoms in total. The number of anilines is 1. The summed E-state index contributed by atoms with van der Waals surface area (Å²) in [5.41, 5.74) is 0. The monoisotopic (exact) mass is 303 g/mol. The van der Waals surface area contributed by atoms with Crippen LogP contribution in [-0.2, 0) is 10.2 Å². The molecule has 0 saturated carbocycles. The number of nitrogens with zero attached hydrogens (tertiary/aromatic N) is 4. The fourth-order valence-electron chi connectivity index (χ4n) is 1.98. The molecule has 0 bridgehead atoms. The minimum atomic E-state index is -3.36. The van der Waals surface area contributed by atoms with Crippen LogP contribution in [0.15, 0.2) is 4.42 Å². The molecular weight excluding hydrogens is 282 g/mol. The molecule has 9 heteroatoms. The Labute approximate surface area is 119 Å². The summed E-state index contributed by atoms with van der Waals surface area (Å²) >= 11 is 0. The van der Waals surface area contributed by atoms with E-state index in [2.05, 4.69) is 14.9 Å². The second-order valence-corrected chi connectivity index (χ2v) is 6.72. The molecule has 0 atom stereocenters. The predicted molar refractivity (Wildman–Crippen MR) is 74.8 cm³/mol. The van der Waals surface area contributed by atoms with Gasteiger partial charge in [0, 0.05) is 38.6 Å². The van der Waals surface area contributed by atoms with Gasteiger partial charge in [0.15, 0.2) is 0 Å². The summed E-state index contributed by atoms with van der Waals surface area (Å²) in [6.07, 6.45) is 0. The molecule has 1 aromatic rings. The van der Waals surface area contributed by atoms with Crippen LogP contribution in [0.5, 0.6) is 0 Å². The van der Waals surface area contributed by atoms with E-state index in [0.717, 1.165) is 0 Å². The highest BCUT2D eigenvalue weighted by Gasteiger charge is 2.28. The second kappa shape index (κ2) is 6.06. The molecule has 0 unspecified atom stereocenters. The summed E-state index contributed by atoms with van der Waals surface area (Å²) in [4.78, 5) is 1.91. The Morgan fingerprint density at radius 2 is 1.90 bits per heavy atom. The number of nitrogens with one attached hydrogen (secondary N) is 1. The first-order valence-corrected chi connectivity index (χ1v) is 8.21. The van der Waals surface area contributed by atoms with E-state index in [1.165, 1.54) is 4.31 Å². The fourth-order valence-corrected chi connectivity index (χ4v) is 3.17. The van der Waals surface area contributed by atoms with E-state index in [4.69, 9.17) is 4.42 Å². The minimum absolute atomic E-state index is 0.187. The van der Waals surface area contributed by atoms with Crippen molar-refractivity contribution in [2.24, 2.45) is 0 Å². The molecule has 0 aliphatic carbocycles. The summed E-state index contributed by atoms with van der Waals surface area (Å²) in [6.45, 7) is 8.04. The van der Waals surface area contributed by atoms with Crippen LogP contribution in [0.3, 0.4) is 0 Å². The van der Waals surface area contributed by atoms with Gasteiger partial charge in [-0.1, -0.05) is 25.9 Å².